The summed E-state index contributed by atoms with van der Waals surface area (Å²) in [5, 5.41) is 12.8. The van der Waals surface area contributed by atoms with Gasteiger partial charge in [-0.3, -0.25) is 14.2 Å². The lowest BCUT2D eigenvalue weighted by Crippen LogP contribution is -2.40. The Bertz CT molecular complexity index is 1910. The Balaban J connectivity index is 1.79. The van der Waals surface area contributed by atoms with Crippen molar-refractivity contribution in [2.75, 3.05) is 27.8 Å². The van der Waals surface area contributed by atoms with Gasteiger partial charge in [0.2, 0.25) is 0 Å². The van der Waals surface area contributed by atoms with Crippen LogP contribution in [0.15, 0.2) is 64.2 Å². The molecule has 0 radical (unpaired) electrons. The molecule has 0 aliphatic rings. The molecule has 0 spiro atoms. The molecule has 0 unspecified atom stereocenters. The van der Waals surface area contributed by atoms with E-state index >= 15 is 0 Å². The first-order valence-electron chi connectivity index (χ1n) is 13.3. The molecule has 0 atom stereocenters. The predicted octanol–water partition coefficient (Wildman–Crippen LogP) is 2.58. The topological polar surface area (TPSA) is 117 Å². The van der Waals surface area contributed by atoms with Gasteiger partial charge in [0, 0.05) is 25.6 Å². The van der Waals surface area contributed by atoms with Crippen molar-refractivity contribution in [2.24, 2.45) is 0 Å². The Hall–Kier alpha value is -4.88. The summed E-state index contributed by atoms with van der Waals surface area (Å²) in [4.78, 5) is 41.9. The molecule has 3 aromatic heterocycles. The molecule has 0 fully saturated rings. The van der Waals surface area contributed by atoms with Gasteiger partial charge in [0.05, 0.1) is 23.6 Å². The van der Waals surface area contributed by atoms with Crippen LogP contribution in [0.5, 0.6) is 0 Å². The maximum absolute atomic E-state index is 14.8. The second-order valence-electron chi connectivity index (χ2n) is 10.4. The van der Waals surface area contributed by atoms with Gasteiger partial charge in [-0.1, -0.05) is 18.2 Å². The van der Waals surface area contributed by atoms with Crippen LogP contribution in [-0.2, 0) is 29.0 Å². The molecule has 5 rings (SSSR count). The molecule has 0 aliphatic heterocycles. The average Bonchev–Trinajstić information content (AvgIpc) is 3.32. The van der Waals surface area contributed by atoms with E-state index in [2.05, 4.69) is 15.3 Å². The highest BCUT2D eigenvalue weighted by Gasteiger charge is 2.26. The van der Waals surface area contributed by atoms with Gasteiger partial charge in [0.25, 0.3) is 5.56 Å². The first-order valence-corrected chi connectivity index (χ1v) is 13.3. The lowest BCUT2D eigenvalue weighted by molar-refractivity contribution is -0.121. The predicted molar refractivity (Wildman–Crippen MR) is 155 cm³/mol. The molecule has 0 saturated heterocycles. The van der Waals surface area contributed by atoms with E-state index in [0.717, 1.165) is 26.8 Å². The third-order valence-electron chi connectivity index (χ3n) is 6.80. The zero-order valence-electron chi connectivity index (χ0n) is 24.0. The minimum Gasteiger partial charge on any atom is -0.377 e. The van der Waals surface area contributed by atoms with Crippen molar-refractivity contribution >= 4 is 16.8 Å². The van der Waals surface area contributed by atoms with Gasteiger partial charge >= 0.3 is 5.69 Å². The molecule has 0 amide bonds. The summed E-state index contributed by atoms with van der Waals surface area (Å²) in [5.74, 6) is -1.82. The summed E-state index contributed by atoms with van der Waals surface area (Å²) < 4.78 is 37.9. The van der Waals surface area contributed by atoms with Crippen molar-refractivity contribution in [2.45, 2.75) is 26.4 Å². The number of rotatable bonds is 10. The standard InChI is InChI=1S/C30H29F2N7O4/c1-18-8-13-26(34-33-18)38-29(41)27-25(16-36(2)3)39(20-11-9-19(10-12-20)14-21(40)17-43-4)35-28(27)37(30(38)42)15-22-23(31)6-5-7-24(22)32/h5-13H,14-17H2,1-4H3. The molecule has 0 aliphatic carbocycles. The molecule has 3 heterocycles. The lowest BCUT2D eigenvalue weighted by Gasteiger charge is -2.14. The zero-order chi connectivity index (χ0) is 30.8. The van der Waals surface area contributed by atoms with E-state index in [1.807, 2.05) is 19.0 Å². The lowest BCUT2D eigenvalue weighted by atomic mass is 10.1. The number of carbonyl (C=O) groups is 1. The number of hydrogen-bond acceptors (Lipinski definition) is 8. The molecule has 222 valence electrons. The third kappa shape index (κ3) is 5.90. The normalized spacial score (nSPS) is 11.5. The van der Waals surface area contributed by atoms with Gasteiger partial charge in [-0.15, -0.1) is 10.2 Å². The van der Waals surface area contributed by atoms with Crippen LogP contribution in [0.1, 0.15) is 22.5 Å². The number of aromatic nitrogens is 6. The van der Waals surface area contributed by atoms with Gasteiger partial charge < -0.3 is 9.64 Å². The molecule has 0 bridgehead atoms. The summed E-state index contributed by atoms with van der Waals surface area (Å²) in [6, 6.07) is 13.5. The SMILES string of the molecule is COCC(=O)Cc1ccc(-n2nc3c(c2CN(C)C)c(=O)n(-c2ccc(C)nn2)c(=O)n3Cc2c(F)cccc2F)cc1. The van der Waals surface area contributed by atoms with Crippen molar-refractivity contribution < 1.29 is 18.3 Å². The first kappa shape index (κ1) is 29.6. The molecule has 5 aromatic rings. The molecule has 43 heavy (non-hydrogen) atoms. The second kappa shape index (κ2) is 12.2. The number of ketones is 1. The zero-order valence-corrected chi connectivity index (χ0v) is 24.0. The number of methoxy groups -OCH3 is 1. The van der Waals surface area contributed by atoms with E-state index in [-0.39, 0.29) is 47.8 Å². The third-order valence-corrected chi connectivity index (χ3v) is 6.80. The van der Waals surface area contributed by atoms with Crippen LogP contribution in [0.3, 0.4) is 0 Å². The van der Waals surface area contributed by atoms with E-state index in [1.54, 1.807) is 37.3 Å². The summed E-state index contributed by atoms with van der Waals surface area (Å²) in [6.07, 6.45) is 0.176. The van der Waals surface area contributed by atoms with Crippen molar-refractivity contribution in [3.8, 4) is 11.5 Å². The van der Waals surface area contributed by atoms with Gasteiger partial charge in [-0.25, -0.2) is 22.8 Å². The average molecular weight is 590 g/mol. The number of Topliss-reactive ketones (excluding diaryl/α,β-unsaturated/α-hetero) is 1. The van der Waals surface area contributed by atoms with E-state index in [1.165, 1.54) is 23.9 Å². The van der Waals surface area contributed by atoms with Crippen LogP contribution in [0.25, 0.3) is 22.5 Å². The number of carbonyl (C=O) groups excluding carboxylic acids is 1. The maximum atomic E-state index is 14.8. The summed E-state index contributed by atoms with van der Waals surface area (Å²) >= 11 is 0. The molecule has 2 aromatic carbocycles. The van der Waals surface area contributed by atoms with Gasteiger partial charge in [0.1, 0.15) is 23.6 Å². The summed E-state index contributed by atoms with van der Waals surface area (Å²) in [7, 11) is 5.07. The number of aryl methyl sites for hydroxylation is 1. The van der Waals surface area contributed by atoms with Gasteiger partial charge in [-0.2, -0.15) is 5.10 Å². The summed E-state index contributed by atoms with van der Waals surface area (Å²) in [5.41, 5.74) is 0.312. The fourth-order valence-corrected chi connectivity index (χ4v) is 4.81. The maximum Gasteiger partial charge on any atom is 0.338 e. The first-order chi connectivity index (χ1) is 20.6. The minimum atomic E-state index is -0.883. The van der Waals surface area contributed by atoms with E-state index in [4.69, 9.17) is 4.74 Å². The molecule has 11 nitrogen and oxygen atoms in total. The number of fused-ring (bicyclic) bond motifs is 1. The van der Waals surface area contributed by atoms with Crippen LogP contribution in [0, 0.1) is 18.6 Å². The number of halogens is 2. The van der Waals surface area contributed by atoms with E-state index < -0.39 is 29.4 Å². The highest BCUT2D eigenvalue weighted by Crippen LogP contribution is 2.23. The number of nitrogens with zero attached hydrogens (tertiary/aromatic N) is 7. The Morgan fingerprint density at radius 1 is 0.977 bits per heavy atom. The largest absolute Gasteiger partial charge is 0.377 e. The summed E-state index contributed by atoms with van der Waals surface area (Å²) in [6.45, 7) is 1.40. The molecule has 0 N–H and O–H groups in total. The monoisotopic (exact) mass is 589 g/mol. The number of ether oxygens (including phenoxy) is 1. The second-order valence-corrected chi connectivity index (χ2v) is 10.4. The van der Waals surface area contributed by atoms with Crippen molar-refractivity contribution in [3.05, 3.63) is 110 Å². The van der Waals surface area contributed by atoms with Crippen molar-refractivity contribution in [1.29, 1.82) is 0 Å². The molecular formula is C30H29F2N7O4. The highest BCUT2D eigenvalue weighted by molar-refractivity contribution is 5.82. The van der Waals surface area contributed by atoms with Crippen molar-refractivity contribution in [1.82, 2.24) is 34.0 Å². The van der Waals surface area contributed by atoms with Crippen molar-refractivity contribution in [3.63, 3.8) is 0 Å². The number of benzene rings is 2. The van der Waals surface area contributed by atoms with Gasteiger partial charge in [-0.05, 0) is 63.0 Å². The van der Waals surface area contributed by atoms with Crippen LogP contribution in [0.4, 0.5) is 8.78 Å². The number of hydrogen-bond donors (Lipinski definition) is 0. The fourth-order valence-electron chi connectivity index (χ4n) is 4.81. The van der Waals surface area contributed by atoms with Crippen LogP contribution >= 0.6 is 0 Å². The Kier molecular flexibility index (Phi) is 8.37. The Labute approximate surface area is 244 Å². The van der Waals surface area contributed by atoms with Crippen LogP contribution < -0.4 is 11.2 Å². The Morgan fingerprint density at radius 3 is 2.28 bits per heavy atom. The molecular weight excluding hydrogens is 560 g/mol. The molecule has 0 saturated carbocycles. The molecule has 13 heteroatoms. The smallest absolute Gasteiger partial charge is 0.338 e. The minimum absolute atomic E-state index is 0.00293. The highest BCUT2D eigenvalue weighted by atomic mass is 19.1. The van der Waals surface area contributed by atoms with Crippen LogP contribution in [-0.4, -0.2) is 67.6 Å². The van der Waals surface area contributed by atoms with E-state index in [0.29, 0.717) is 17.1 Å². The van der Waals surface area contributed by atoms with E-state index in [9.17, 15) is 23.2 Å². The fraction of sp³-hybridized carbons (Fsp3) is 0.267. The van der Waals surface area contributed by atoms with Crippen LogP contribution in [0.2, 0.25) is 0 Å². The Morgan fingerprint density at radius 2 is 1.67 bits per heavy atom. The van der Waals surface area contributed by atoms with Gasteiger partial charge in [0.15, 0.2) is 17.2 Å². The quantitative estimate of drug-likeness (QED) is 0.244.